The standard InChI is InChI=1S/C12H10BrNO4/c13-8-5-7(14-10(15)1-2-11(14)16)6-9-12(8)18-4-3-17-9/h5-6H,1-4H2. The van der Waals surface area contributed by atoms with E-state index in [0.717, 1.165) is 0 Å². The first-order chi connectivity index (χ1) is 8.66. The maximum Gasteiger partial charge on any atom is 0.234 e. The van der Waals surface area contributed by atoms with Crippen molar-refractivity contribution < 1.29 is 19.1 Å². The second-order valence-corrected chi connectivity index (χ2v) is 4.93. The summed E-state index contributed by atoms with van der Waals surface area (Å²) in [6.07, 6.45) is 0.537. The largest absolute Gasteiger partial charge is 0.486 e. The van der Waals surface area contributed by atoms with Crippen LogP contribution in [0.25, 0.3) is 0 Å². The van der Waals surface area contributed by atoms with Crippen LogP contribution < -0.4 is 14.4 Å². The molecule has 0 unspecified atom stereocenters. The Morgan fingerprint density at radius 1 is 1.06 bits per heavy atom. The van der Waals surface area contributed by atoms with Crippen LogP contribution in [0, 0.1) is 0 Å². The van der Waals surface area contributed by atoms with Gasteiger partial charge in [-0.2, -0.15) is 0 Å². The van der Waals surface area contributed by atoms with Gasteiger partial charge in [-0.25, -0.2) is 0 Å². The number of imide groups is 1. The molecule has 0 N–H and O–H groups in total. The van der Waals surface area contributed by atoms with Crippen molar-refractivity contribution in [2.45, 2.75) is 12.8 Å². The molecule has 1 fully saturated rings. The molecule has 2 amide bonds. The van der Waals surface area contributed by atoms with E-state index in [-0.39, 0.29) is 24.7 Å². The van der Waals surface area contributed by atoms with Gasteiger partial charge in [0.25, 0.3) is 0 Å². The first kappa shape index (κ1) is 11.5. The number of benzene rings is 1. The summed E-state index contributed by atoms with van der Waals surface area (Å²) in [5.41, 5.74) is 0.527. The van der Waals surface area contributed by atoms with Gasteiger partial charge >= 0.3 is 0 Å². The third-order valence-electron chi connectivity index (χ3n) is 2.89. The Balaban J connectivity index is 2.05. The molecule has 3 rings (SSSR count). The van der Waals surface area contributed by atoms with E-state index >= 15 is 0 Å². The van der Waals surface area contributed by atoms with Crippen molar-refractivity contribution in [3.63, 3.8) is 0 Å². The molecule has 0 atom stereocenters. The molecule has 2 aliphatic heterocycles. The summed E-state index contributed by atoms with van der Waals surface area (Å²) < 4.78 is 11.6. The summed E-state index contributed by atoms with van der Waals surface area (Å²) in [7, 11) is 0. The van der Waals surface area contributed by atoms with Crippen LogP contribution in [-0.4, -0.2) is 25.0 Å². The molecule has 2 heterocycles. The predicted molar refractivity (Wildman–Crippen MR) is 66.9 cm³/mol. The minimum atomic E-state index is -0.177. The Morgan fingerprint density at radius 3 is 2.44 bits per heavy atom. The summed E-state index contributed by atoms with van der Waals surface area (Å²) in [6, 6.07) is 3.37. The molecule has 0 aromatic heterocycles. The zero-order valence-corrected chi connectivity index (χ0v) is 11.0. The Morgan fingerprint density at radius 2 is 1.72 bits per heavy atom. The van der Waals surface area contributed by atoms with E-state index in [1.54, 1.807) is 12.1 Å². The summed E-state index contributed by atoms with van der Waals surface area (Å²) in [5, 5.41) is 0. The Kier molecular flexibility index (Phi) is 2.74. The molecule has 1 aromatic rings. The summed E-state index contributed by atoms with van der Waals surface area (Å²) >= 11 is 3.37. The zero-order valence-electron chi connectivity index (χ0n) is 9.44. The quantitative estimate of drug-likeness (QED) is 0.743. The normalized spacial score (nSPS) is 18.4. The van der Waals surface area contributed by atoms with Crippen LogP contribution in [0.2, 0.25) is 0 Å². The number of ether oxygens (including phenoxy) is 2. The number of hydrogen-bond acceptors (Lipinski definition) is 4. The fraction of sp³-hybridized carbons (Fsp3) is 0.333. The van der Waals surface area contributed by atoms with Crippen molar-refractivity contribution in [2.24, 2.45) is 0 Å². The van der Waals surface area contributed by atoms with Gasteiger partial charge in [-0.3, -0.25) is 14.5 Å². The predicted octanol–water partition coefficient (Wildman–Crippen LogP) is 1.87. The van der Waals surface area contributed by atoms with Crippen molar-refractivity contribution in [1.29, 1.82) is 0 Å². The van der Waals surface area contributed by atoms with Crippen LogP contribution in [-0.2, 0) is 9.59 Å². The first-order valence-corrected chi connectivity index (χ1v) is 6.41. The molecule has 0 saturated carbocycles. The van der Waals surface area contributed by atoms with Crippen molar-refractivity contribution in [3.8, 4) is 11.5 Å². The van der Waals surface area contributed by atoms with Gasteiger partial charge in [0.15, 0.2) is 11.5 Å². The molecule has 5 nitrogen and oxygen atoms in total. The molecule has 6 heteroatoms. The maximum absolute atomic E-state index is 11.7. The lowest BCUT2D eigenvalue weighted by molar-refractivity contribution is -0.121. The maximum atomic E-state index is 11.7. The van der Waals surface area contributed by atoms with E-state index in [0.29, 0.717) is 34.9 Å². The molecule has 0 radical (unpaired) electrons. The molecular weight excluding hydrogens is 302 g/mol. The highest BCUT2D eigenvalue weighted by atomic mass is 79.9. The average molecular weight is 312 g/mol. The van der Waals surface area contributed by atoms with Crippen molar-refractivity contribution in [3.05, 3.63) is 16.6 Å². The number of nitrogens with zero attached hydrogens (tertiary/aromatic N) is 1. The van der Waals surface area contributed by atoms with Gasteiger partial charge in [-0.1, -0.05) is 0 Å². The topological polar surface area (TPSA) is 55.8 Å². The highest BCUT2D eigenvalue weighted by Gasteiger charge is 2.31. The van der Waals surface area contributed by atoms with E-state index in [1.807, 2.05) is 0 Å². The zero-order chi connectivity index (χ0) is 12.7. The molecule has 0 aliphatic carbocycles. The highest BCUT2D eigenvalue weighted by Crippen LogP contribution is 2.41. The number of rotatable bonds is 1. The SMILES string of the molecule is O=C1CCC(=O)N1c1cc(Br)c2c(c1)OCCO2. The van der Waals surface area contributed by atoms with Gasteiger partial charge in [0.2, 0.25) is 11.8 Å². The smallest absolute Gasteiger partial charge is 0.234 e. The molecule has 0 bridgehead atoms. The van der Waals surface area contributed by atoms with E-state index < -0.39 is 0 Å². The van der Waals surface area contributed by atoms with Crippen LogP contribution in [0.15, 0.2) is 16.6 Å². The van der Waals surface area contributed by atoms with E-state index in [1.165, 1.54) is 4.90 Å². The molecular formula is C12H10BrNO4. The van der Waals surface area contributed by atoms with Crippen LogP contribution in [0.5, 0.6) is 11.5 Å². The van der Waals surface area contributed by atoms with E-state index in [2.05, 4.69) is 15.9 Å². The van der Waals surface area contributed by atoms with Crippen LogP contribution in [0.1, 0.15) is 12.8 Å². The minimum absolute atomic E-state index is 0.177. The summed E-state index contributed by atoms with van der Waals surface area (Å²) in [5.74, 6) is 0.814. The number of fused-ring (bicyclic) bond motifs is 1. The lowest BCUT2D eigenvalue weighted by Crippen LogP contribution is -2.28. The molecule has 0 spiro atoms. The van der Waals surface area contributed by atoms with Gasteiger partial charge in [-0.05, 0) is 22.0 Å². The second kappa shape index (κ2) is 4.28. The van der Waals surface area contributed by atoms with Crippen molar-refractivity contribution >= 4 is 33.4 Å². The van der Waals surface area contributed by atoms with Gasteiger partial charge in [0, 0.05) is 18.9 Å². The molecule has 18 heavy (non-hydrogen) atoms. The first-order valence-electron chi connectivity index (χ1n) is 5.62. The third kappa shape index (κ3) is 1.77. The second-order valence-electron chi connectivity index (χ2n) is 4.07. The van der Waals surface area contributed by atoms with Crippen molar-refractivity contribution in [1.82, 2.24) is 0 Å². The molecule has 2 aliphatic rings. The molecule has 1 saturated heterocycles. The lowest BCUT2D eigenvalue weighted by Gasteiger charge is -2.22. The monoisotopic (exact) mass is 311 g/mol. The highest BCUT2D eigenvalue weighted by molar-refractivity contribution is 9.10. The number of carbonyl (C=O) groups is 2. The Bertz CT molecular complexity index is 527. The fourth-order valence-corrected chi connectivity index (χ4v) is 2.64. The van der Waals surface area contributed by atoms with Crippen LogP contribution >= 0.6 is 15.9 Å². The molecule has 94 valence electrons. The Hall–Kier alpha value is -1.56. The van der Waals surface area contributed by atoms with Gasteiger partial charge < -0.3 is 9.47 Å². The third-order valence-corrected chi connectivity index (χ3v) is 3.48. The van der Waals surface area contributed by atoms with Gasteiger partial charge in [0.05, 0.1) is 10.2 Å². The van der Waals surface area contributed by atoms with Gasteiger partial charge in [0.1, 0.15) is 13.2 Å². The lowest BCUT2D eigenvalue weighted by atomic mass is 10.2. The number of hydrogen-bond donors (Lipinski definition) is 0. The number of halogens is 1. The van der Waals surface area contributed by atoms with E-state index in [4.69, 9.17) is 9.47 Å². The average Bonchev–Trinajstić information content (AvgIpc) is 2.69. The van der Waals surface area contributed by atoms with Crippen molar-refractivity contribution in [2.75, 3.05) is 18.1 Å². The summed E-state index contributed by atoms with van der Waals surface area (Å²) in [6.45, 7) is 0.956. The number of carbonyl (C=O) groups excluding carboxylic acids is 2. The number of amides is 2. The van der Waals surface area contributed by atoms with E-state index in [9.17, 15) is 9.59 Å². The number of anilines is 1. The van der Waals surface area contributed by atoms with Gasteiger partial charge in [-0.15, -0.1) is 0 Å². The van der Waals surface area contributed by atoms with Crippen LogP contribution in [0.4, 0.5) is 5.69 Å². The summed E-state index contributed by atoms with van der Waals surface area (Å²) in [4.78, 5) is 24.6. The molecule has 1 aromatic carbocycles. The Labute approximate surface area is 112 Å². The van der Waals surface area contributed by atoms with Crippen LogP contribution in [0.3, 0.4) is 0 Å². The minimum Gasteiger partial charge on any atom is -0.486 e. The fourth-order valence-electron chi connectivity index (χ4n) is 2.09.